The third-order valence-corrected chi connectivity index (χ3v) is 3.67. The summed E-state index contributed by atoms with van der Waals surface area (Å²) in [5, 5.41) is 10.7. The predicted octanol–water partition coefficient (Wildman–Crippen LogP) is 3.14. The van der Waals surface area contributed by atoms with Gasteiger partial charge in [-0.05, 0) is 24.2 Å². The first kappa shape index (κ1) is 11.4. The lowest BCUT2D eigenvalue weighted by molar-refractivity contribution is -0.385. The van der Waals surface area contributed by atoms with Gasteiger partial charge in [-0.1, -0.05) is 12.1 Å². The zero-order chi connectivity index (χ0) is 11.4. The number of hydrogen-bond acceptors (Lipinski definition) is 4. The molecule has 1 unspecified atom stereocenters. The Bertz CT molecular complexity index is 375. The molecule has 1 aromatic carbocycles. The molecule has 1 saturated heterocycles. The lowest BCUT2D eigenvalue weighted by atomic mass is 10.2. The molecule has 0 spiro atoms. The van der Waals surface area contributed by atoms with Gasteiger partial charge in [0.05, 0.1) is 4.92 Å². The number of nitro benzene ring substituents is 1. The number of thioether (sulfide) groups is 1. The van der Waals surface area contributed by atoms with E-state index < -0.39 is 0 Å². The largest absolute Gasteiger partial charge is 0.363 e. The van der Waals surface area contributed by atoms with Crippen LogP contribution in [-0.2, 0) is 4.74 Å². The third-order valence-electron chi connectivity index (χ3n) is 2.43. The summed E-state index contributed by atoms with van der Waals surface area (Å²) in [4.78, 5) is 10.3. The summed E-state index contributed by atoms with van der Waals surface area (Å²) in [6.07, 6.45) is 2.22. The summed E-state index contributed by atoms with van der Waals surface area (Å²) in [5.74, 6) is 1.05. The van der Waals surface area contributed by atoms with Gasteiger partial charge in [-0.15, -0.1) is 11.8 Å². The molecule has 16 heavy (non-hydrogen) atoms. The van der Waals surface area contributed by atoms with Crippen molar-refractivity contribution in [3.8, 4) is 0 Å². The van der Waals surface area contributed by atoms with Crippen LogP contribution in [0.5, 0.6) is 0 Å². The van der Waals surface area contributed by atoms with Crippen LogP contribution in [0.4, 0.5) is 5.69 Å². The molecule has 1 heterocycles. The van der Waals surface area contributed by atoms with Crippen LogP contribution in [-0.4, -0.2) is 17.3 Å². The second kappa shape index (κ2) is 5.32. The molecular formula is C11H13NO3S. The van der Waals surface area contributed by atoms with Crippen molar-refractivity contribution in [2.45, 2.75) is 18.3 Å². The van der Waals surface area contributed by atoms with Crippen molar-refractivity contribution in [3.63, 3.8) is 0 Å². The molecule has 1 fully saturated rings. The molecule has 0 amide bonds. The number of benzene rings is 1. The van der Waals surface area contributed by atoms with E-state index in [1.807, 2.05) is 6.07 Å². The maximum atomic E-state index is 10.7. The third kappa shape index (κ3) is 2.74. The lowest BCUT2D eigenvalue weighted by Gasteiger charge is -2.14. The summed E-state index contributed by atoms with van der Waals surface area (Å²) >= 11 is 1.71. The predicted molar refractivity (Wildman–Crippen MR) is 63.5 cm³/mol. The van der Waals surface area contributed by atoms with E-state index in [9.17, 15) is 10.1 Å². The van der Waals surface area contributed by atoms with Gasteiger partial charge < -0.3 is 4.74 Å². The Hall–Kier alpha value is -1.07. The summed E-state index contributed by atoms with van der Waals surface area (Å²) in [6, 6.07) is 6.70. The maximum absolute atomic E-state index is 10.7. The van der Waals surface area contributed by atoms with E-state index in [0.717, 1.165) is 30.8 Å². The van der Waals surface area contributed by atoms with Crippen LogP contribution in [0.3, 0.4) is 0 Å². The molecule has 0 N–H and O–H groups in total. The Kier molecular flexibility index (Phi) is 3.79. The Labute approximate surface area is 98.1 Å². The van der Waals surface area contributed by atoms with Gasteiger partial charge >= 0.3 is 0 Å². The number of rotatable bonds is 2. The van der Waals surface area contributed by atoms with Gasteiger partial charge in [-0.2, -0.15) is 0 Å². The van der Waals surface area contributed by atoms with Crippen molar-refractivity contribution >= 4 is 17.4 Å². The first-order valence-corrected chi connectivity index (χ1v) is 6.30. The summed E-state index contributed by atoms with van der Waals surface area (Å²) in [7, 11) is 0. The molecule has 0 radical (unpaired) electrons. The van der Waals surface area contributed by atoms with E-state index in [-0.39, 0.29) is 16.0 Å². The molecule has 86 valence electrons. The average Bonchev–Trinajstić information content (AvgIpc) is 2.57. The molecular weight excluding hydrogens is 226 g/mol. The van der Waals surface area contributed by atoms with Crippen molar-refractivity contribution in [2.24, 2.45) is 0 Å². The van der Waals surface area contributed by atoms with Crippen molar-refractivity contribution in [3.05, 3.63) is 39.9 Å². The first-order valence-electron chi connectivity index (χ1n) is 5.25. The molecule has 2 rings (SSSR count). The highest BCUT2D eigenvalue weighted by molar-refractivity contribution is 7.99. The molecule has 0 saturated carbocycles. The fraction of sp³-hybridized carbons (Fsp3) is 0.455. The fourth-order valence-electron chi connectivity index (χ4n) is 1.61. The highest BCUT2D eigenvalue weighted by Gasteiger charge is 2.17. The van der Waals surface area contributed by atoms with E-state index in [1.54, 1.807) is 23.9 Å². The smallest absolute Gasteiger partial charge is 0.269 e. The van der Waals surface area contributed by atoms with Crippen LogP contribution >= 0.6 is 11.8 Å². The molecule has 0 bridgehead atoms. The van der Waals surface area contributed by atoms with E-state index in [2.05, 4.69) is 0 Å². The Morgan fingerprint density at radius 2 is 2.31 bits per heavy atom. The summed E-state index contributed by atoms with van der Waals surface area (Å²) in [5.41, 5.74) is 0.967. The molecule has 1 aliphatic rings. The van der Waals surface area contributed by atoms with Crippen LogP contribution in [0.15, 0.2) is 24.3 Å². The van der Waals surface area contributed by atoms with Crippen LogP contribution in [0.2, 0.25) is 0 Å². The van der Waals surface area contributed by atoms with E-state index >= 15 is 0 Å². The normalized spacial score (nSPS) is 21.4. The minimum absolute atomic E-state index is 0.0533. The van der Waals surface area contributed by atoms with Crippen LogP contribution in [0, 0.1) is 10.1 Å². The van der Waals surface area contributed by atoms with Gasteiger partial charge in [0.15, 0.2) is 0 Å². The maximum Gasteiger partial charge on any atom is 0.269 e. The van der Waals surface area contributed by atoms with Gasteiger partial charge in [0, 0.05) is 18.7 Å². The number of ether oxygens (including phenoxy) is 1. The topological polar surface area (TPSA) is 52.4 Å². The highest BCUT2D eigenvalue weighted by Crippen LogP contribution is 2.34. The van der Waals surface area contributed by atoms with E-state index in [4.69, 9.17) is 4.74 Å². The highest BCUT2D eigenvalue weighted by atomic mass is 32.2. The molecule has 1 aliphatic heterocycles. The van der Waals surface area contributed by atoms with Crippen LogP contribution in [0.1, 0.15) is 23.8 Å². The zero-order valence-corrected chi connectivity index (χ0v) is 9.61. The van der Waals surface area contributed by atoms with Gasteiger partial charge in [-0.3, -0.25) is 10.1 Å². The van der Waals surface area contributed by atoms with Crippen LogP contribution in [0.25, 0.3) is 0 Å². The van der Waals surface area contributed by atoms with E-state index in [1.165, 1.54) is 6.07 Å². The molecule has 1 atom stereocenters. The molecule has 1 aromatic rings. The van der Waals surface area contributed by atoms with Crippen molar-refractivity contribution in [1.82, 2.24) is 0 Å². The van der Waals surface area contributed by atoms with Crippen molar-refractivity contribution < 1.29 is 9.66 Å². The molecule has 0 aromatic heterocycles. The monoisotopic (exact) mass is 239 g/mol. The van der Waals surface area contributed by atoms with Crippen LogP contribution < -0.4 is 0 Å². The Balaban J connectivity index is 2.18. The zero-order valence-electron chi connectivity index (χ0n) is 8.80. The Morgan fingerprint density at radius 1 is 1.44 bits per heavy atom. The summed E-state index contributed by atoms with van der Waals surface area (Å²) < 4.78 is 5.66. The first-order chi connectivity index (χ1) is 7.77. The second-order valence-corrected chi connectivity index (χ2v) is 4.80. The standard InChI is InChI=1S/C11H13NO3S/c13-12(14)10-5-3-4-9(8-10)11-15-6-1-2-7-16-11/h3-5,8,11H,1-2,6-7H2. The quantitative estimate of drug-likeness (QED) is 0.587. The van der Waals surface area contributed by atoms with Gasteiger partial charge in [0.1, 0.15) is 5.44 Å². The number of nitro groups is 1. The summed E-state index contributed by atoms with van der Waals surface area (Å²) in [6.45, 7) is 0.736. The number of nitrogens with zero attached hydrogens (tertiary/aromatic N) is 1. The molecule has 4 nitrogen and oxygen atoms in total. The SMILES string of the molecule is O=[N+]([O-])c1cccc(C2OCCCCS2)c1. The van der Waals surface area contributed by atoms with Crippen molar-refractivity contribution in [1.29, 1.82) is 0 Å². The number of hydrogen-bond donors (Lipinski definition) is 0. The van der Waals surface area contributed by atoms with Gasteiger partial charge in [0.2, 0.25) is 0 Å². The lowest BCUT2D eigenvalue weighted by Crippen LogP contribution is -2.00. The minimum Gasteiger partial charge on any atom is -0.363 e. The second-order valence-electron chi connectivity index (χ2n) is 3.63. The van der Waals surface area contributed by atoms with Gasteiger partial charge in [-0.25, -0.2) is 0 Å². The minimum atomic E-state index is -0.370. The van der Waals surface area contributed by atoms with E-state index in [0.29, 0.717) is 0 Å². The van der Waals surface area contributed by atoms with Crippen molar-refractivity contribution in [2.75, 3.05) is 12.4 Å². The Morgan fingerprint density at radius 3 is 3.12 bits per heavy atom. The van der Waals surface area contributed by atoms with Gasteiger partial charge in [0.25, 0.3) is 5.69 Å². The molecule has 5 heteroatoms. The molecule has 0 aliphatic carbocycles. The fourth-order valence-corrected chi connectivity index (χ4v) is 2.73. The average molecular weight is 239 g/mol. The number of non-ortho nitro benzene ring substituents is 1.